The molecule has 6 nitrogen and oxygen atoms in total. The number of hydrogen-bond acceptors (Lipinski definition) is 5. The van der Waals surface area contributed by atoms with E-state index in [2.05, 4.69) is 4.72 Å². The maximum absolute atomic E-state index is 12.3. The van der Waals surface area contributed by atoms with Crippen LogP contribution in [0.1, 0.15) is 18.9 Å². The van der Waals surface area contributed by atoms with Crippen LogP contribution in [-0.2, 0) is 21.4 Å². The molecule has 2 N–H and O–H groups in total. The van der Waals surface area contributed by atoms with Crippen molar-refractivity contribution in [3.05, 3.63) is 22.7 Å². The summed E-state index contributed by atoms with van der Waals surface area (Å²) in [5.41, 5.74) is 0.319. The number of nitrogens with one attached hydrogen (secondary N) is 1. The van der Waals surface area contributed by atoms with Gasteiger partial charge in [0.2, 0.25) is 10.0 Å². The van der Waals surface area contributed by atoms with Gasteiger partial charge in [-0.25, -0.2) is 13.1 Å². The summed E-state index contributed by atoms with van der Waals surface area (Å²) in [6, 6.07) is 2.76. The lowest BCUT2D eigenvalue weighted by Crippen LogP contribution is -2.26. The molecule has 0 unspecified atom stereocenters. The van der Waals surface area contributed by atoms with E-state index in [1.807, 2.05) is 6.92 Å². The van der Waals surface area contributed by atoms with Crippen LogP contribution in [-0.4, -0.2) is 40.4 Å². The molecular formula is C13H20ClNO5S. The maximum Gasteiger partial charge on any atom is 0.244 e. The number of halogens is 1. The lowest BCUT2D eigenvalue weighted by molar-refractivity contribution is 0.146. The van der Waals surface area contributed by atoms with E-state index < -0.39 is 10.0 Å². The van der Waals surface area contributed by atoms with Crippen molar-refractivity contribution in [1.29, 1.82) is 0 Å². The zero-order valence-electron chi connectivity index (χ0n) is 12.1. The third-order valence-electron chi connectivity index (χ3n) is 2.72. The van der Waals surface area contributed by atoms with Crippen molar-refractivity contribution in [3.8, 4) is 5.75 Å². The predicted octanol–water partition coefficient (Wildman–Crippen LogP) is 1.55. The Hall–Kier alpha value is -0.860. The van der Waals surface area contributed by atoms with Gasteiger partial charge in [0, 0.05) is 30.3 Å². The van der Waals surface area contributed by atoms with Gasteiger partial charge >= 0.3 is 0 Å². The minimum absolute atomic E-state index is 0.0852. The summed E-state index contributed by atoms with van der Waals surface area (Å²) in [7, 11) is -2.43. The summed E-state index contributed by atoms with van der Waals surface area (Å²) >= 11 is 5.89. The molecule has 0 aliphatic rings. The molecule has 0 atom stereocenters. The number of rotatable bonds is 9. The Labute approximate surface area is 130 Å². The van der Waals surface area contributed by atoms with E-state index in [-0.39, 0.29) is 28.8 Å². The molecule has 0 amide bonds. The van der Waals surface area contributed by atoms with Crippen molar-refractivity contribution >= 4 is 21.6 Å². The molecule has 0 saturated carbocycles. The van der Waals surface area contributed by atoms with Gasteiger partial charge < -0.3 is 14.6 Å². The highest BCUT2D eigenvalue weighted by molar-refractivity contribution is 7.89. The van der Waals surface area contributed by atoms with Crippen molar-refractivity contribution in [2.75, 3.05) is 26.9 Å². The standard InChI is InChI=1S/C13H20ClNO5S/c1-3-20-6-4-5-15-21(17,18)12-8-11(14)7-10(9-16)13(12)19-2/h7-8,15-16H,3-6,9H2,1-2H3. The smallest absolute Gasteiger partial charge is 0.244 e. The van der Waals surface area contributed by atoms with Gasteiger partial charge in [-0.05, 0) is 25.5 Å². The fourth-order valence-electron chi connectivity index (χ4n) is 1.77. The zero-order chi connectivity index (χ0) is 15.9. The average Bonchev–Trinajstić information content (AvgIpc) is 2.46. The number of ether oxygens (including phenoxy) is 2. The molecular weight excluding hydrogens is 318 g/mol. The number of hydrogen-bond donors (Lipinski definition) is 2. The molecule has 0 aliphatic heterocycles. The Bertz CT molecular complexity index is 562. The van der Waals surface area contributed by atoms with Gasteiger partial charge in [-0.2, -0.15) is 0 Å². The fraction of sp³-hybridized carbons (Fsp3) is 0.538. The minimum atomic E-state index is -3.77. The van der Waals surface area contributed by atoms with Gasteiger partial charge in [-0.1, -0.05) is 11.6 Å². The summed E-state index contributed by atoms with van der Waals surface area (Å²) in [4.78, 5) is -0.0852. The highest BCUT2D eigenvalue weighted by atomic mass is 35.5. The maximum atomic E-state index is 12.3. The van der Waals surface area contributed by atoms with Crippen LogP contribution in [0, 0.1) is 0 Å². The molecule has 0 radical (unpaired) electrons. The normalized spacial score (nSPS) is 11.6. The van der Waals surface area contributed by atoms with E-state index in [0.717, 1.165) is 0 Å². The fourth-order valence-corrected chi connectivity index (χ4v) is 3.39. The Morgan fingerprint density at radius 1 is 1.38 bits per heavy atom. The van der Waals surface area contributed by atoms with E-state index >= 15 is 0 Å². The SMILES string of the molecule is CCOCCCNS(=O)(=O)c1cc(Cl)cc(CO)c1OC. The monoisotopic (exact) mass is 337 g/mol. The van der Waals surface area contributed by atoms with Crippen LogP contribution in [0.15, 0.2) is 17.0 Å². The van der Waals surface area contributed by atoms with Crippen LogP contribution in [0.5, 0.6) is 5.75 Å². The van der Waals surface area contributed by atoms with Crippen LogP contribution in [0.4, 0.5) is 0 Å². The molecule has 21 heavy (non-hydrogen) atoms. The second-order valence-electron chi connectivity index (χ2n) is 4.20. The van der Waals surface area contributed by atoms with Crippen LogP contribution >= 0.6 is 11.6 Å². The molecule has 1 rings (SSSR count). The van der Waals surface area contributed by atoms with E-state index in [1.165, 1.54) is 19.2 Å². The third kappa shape index (κ3) is 5.12. The van der Waals surface area contributed by atoms with Crippen molar-refractivity contribution < 1.29 is 23.0 Å². The van der Waals surface area contributed by atoms with Crippen molar-refractivity contribution in [2.24, 2.45) is 0 Å². The first-order valence-electron chi connectivity index (χ1n) is 6.51. The van der Waals surface area contributed by atoms with E-state index in [1.54, 1.807) is 0 Å². The molecule has 120 valence electrons. The van der Waals surface area contributed by atoms with Gasteiger partial charge in [-0.3, -0.25) is 0 Å². The van der Waals surface area contributed by atoms with Gasteiger partial charge in [-0.15, -0.1) is 0 Å². The summed E-state index contributed by atoms with van der Waals surface area (Å²) in [5, 5.41) is 9.48. The molecule has 8 heteroatoms. The summed E-state index contributed by atoms with van der Waals surface area (Å²) in [6.07, 6.45) is 0.558. The van der Waals surface area contributed by atoms with Crippen LogP contribution in [0.3, 0.4) is 0 Å². The van der Waals surface area contributed by atoms with Gasteiger partial charge in [0.05, 0.1) is 13.7 Å². The van der Waals surface area contributed by atoms with Crippen molar-refractivity contribution in [3.63, 3.8) is 0 Å². The summed E-state index contributed by atoms with van der Waals surface area (Å²) < 4.78 is 37.3. The zero-order valence-corrected chi connectivity index (χ0v) is 13.6. The largest absolute Gasteiger partial charge is 0.495 e. The van der Waals surface area contributed by atoms with Crippen molar-refractivity contribution in [2.45, 2.75) is 24.8 Å². The molecule has 0 aromatic heterocycles. The van der Waals surface area contributed by atoms with Crippen LogP contribution in [0.2, 0.25) is 5.02 Å². The van der Waals surface area contributed by atoms with E-state index in [9.17, 15) is 13.5 Å². The molecule has 1 aromatic carbocycles. The Morgan fingerprint density at radius 3 is 2.67 bits per heavy atom. The topological polar surface area (TPSA) is 84.9 Å². The number of methoxy groups -OCH3 is 1. The van der Waals surface area contributed by atoms with Gasteiger partial charge in [0.1, 0.15) is 10.6 Å². The van der Waals surface area contributed by atoms with E-state index in [0.29, 0.717) is 25.2 Å². The molecule has 0 aliphatic carbocycles. The second-order valence-corrected chi connectivity index (χ2v) is 6.37. The minimum Gasteiger partial charge on any atom is -0.495 e. The predicted molar refractivity (Wildman–Crippen MR) is 80.2 cm³/mol. The number of aliphatic hydroxyl groups excluding tert-OH is 1. The van der Waals surface area contributed by atoms with Crippen LogP contribution in [0.25, 0.3) is 0 Å². The molecule has 0 saturated heterocycles. The highest BCUT2D eigenvalue weighted by Crippen LogP contribution is 2.31. The first-order valence-corrected chi connectivity index (χ1v) is 8.37. The second kappa shape index (κ2) is 8.55. The molecule has 0 heterocycles. The van der Waals surface area contributed by atoms with Crippen molar-refractivity contribution in [1.82, 2.24) is 4.72 Å². The molecule has 0 spiro atoms. The number of benzene rings is 1. The molecule has 0 bridgehead atoms. The highest BCUT2D eigenvalue weighted by Gasteiger charge is 2.22. The lowest BCUT2D eigenvalue weighted by atomic mass is 10.2. The quantitative estimate of drug-likeness (QED) is 0.668. The Kier molecular flexibility index (Phi) is 7.41. The first-order chi connectivity index (χ1) is 9.96. The number of aliphatic hydroxyl groups is 1. The third-order valence-corrected chi connectivity index (χ3v) is 4.41. The lowest BCUT2D eigenvalue weighted by Gasteiger charge is -2.14. The Morgan fingerprint density at radius 2 is 2.10 bits per heavy atom. The van der Waals surface area contributed by atoms with Gasteiger partial charge in [0.25, 0.3) is 0 Å². The molecule has 0 fully saturated rings. The molecule has 1 aromatic rings. The summed E-state index contributed by atoms with van der Waals surface area (Å²) in [5.74, 6) is 0.0965. The summed E-state index contributed by atoms with van der Waals surface area (Å²) in [6.45, 7) is 2.82. The van der Waals surface area contributed by atoms with E-state index in [4.69, 9.17) is 21.1 Å². The first kappa shape index (κ1) is 18.2. The van der Waals surface area contributed by atoms with Crippen LogP contribution < -0.4 is 9.46 Å². The number of sulfonamides is 1. The van der Waals surface area contributed by atoms with Gasteiger partial charge in [0.15, 0.2) is 0 Å². The Balaban J connectivity index is 2.94. The average molecular weight is 338 g/mol.